The summed E-state index contributed by atoms with van der Waals surface area (Å²) in [7, 11) is 0. The smallest absolute Gasteiger partial charge is 0.331 e. The van der Waals surface area contributed by atoms with Crippen molar-refractivity contribution in [3.05, 3.63) is 28.8 Å². The number of urea groups is 1. The van der Waals surface area contributed by atoms with E-state index < -0.39 is 0 Å². The first kappa shape index (κ1) is 15.6. The van der Waals surface area contributed by atoms with E-state index in [4.69, 9.17) is 22.7 Å². The number of anilines is 1. The zero-order valence-corrected chi connectivity index (χ0v) is 13.2. The summed E-state index contributed by atoms with van der Waals surface area (Å²) in [6.07, 6.45) is 2.57. The molecular weight excluding hydrogens is 288 g/mol. The molecule has 0 heterocycles. The summed E-state index contributed by atoms with van der Waals surface area (Å²) in [5.41, 5.74) is 7.32. The SMILES string of the molecule is CCc1cccc(Cl)c1N(CC)C(=O)N(C(=N)N)C1CC1. The van der Waals surface area contributed by atoms with Gasteiger partial charge in [0.05, 0.1) is 10.7 Å². The molecular formula is C15H21ClN4O. The minimum Gasteiger partial charge on any atom is -0.370 e. The molecule has 21 heavy (non-hydrogen) atoms. The molecule has 0 bridgehead atoms. The molecule has 6 heteroatoms. The normalized spacial score (nSPS) is 13.9. The van der Waals surface area contributed by atoms with Crippen LogP contribution in [-0.4, -0.2) is 29.5 Å². The van der Waals surface area contributed by atoms with Gasteiger partial charge in [-0.1, -0.05) is 30.7 Å². The molecule has 114 valence electrons. The van der Waals surface area contributed by atoms with E-state index in [9.17, 15) is 4.79 Å². The molecule has 1 aromatic rings. The van der Waals surface area contributed by atoms with Gasteiger partial charge >= 0.3 is 6.03 Å². The van der Waals surface area contributed by atoms with Gasteiger partial charge in [0.1, 0.15) is 0 Å². The summed E-state index contributed by atoms with van der Waals surface area (Å²) in [5.74, 6) is -0.203. The number of aryl methyl sites for hydroxylation is 1. The molecule has 0 radical (unpaired) electrons. The Kier molecular flexibility index (Phi) is 4.73. The molecule has 3 N–H and O–H groups in total. The number of hydrogen-bond donors (Lipinski definition) is 2. The zero-order chi connectivity index (χ0) is 15.6. The molecule has 0 spiro atoms. The molecule has 0 aliphatic heterocycles. The van der Waals surface area contributed by atoms with Crippen LogP contribution >= 0.6 is 11.6 Å². The lowest BCUT2D eigenvalue weighted by Gasteiger charge is -2.30. The van der Waals surface area contributed by atoms with Gasteiger partial charge in [0.2, 0.25) is 0 Å². The second-order valence-corrected chi connectivity index (χ2v) is 5.52. The molecule has 2 amide bonds. The fraction of sp³-hybridized carbons (Fsp3) is 0.467. The first-order valence-corrected chi connectivity index (χ1v) is 7.61. The van der Waals surface area contributed by atoms with Gasteiger partial charge in [-0.05, 0) is 37.8 Å². The molecule has 1 aromatic carbocycles. The molecule has 0 unspecified atom stereocenters. The second-order valence-electron chi connectivity index (χ2n) is 5.11. The topological polar surface area (TPSA) is 73.4 Å². The third-order valence-corrected chi connectivity index (χ3v) is 3.95. The number of nitrogens with zero attached hydrogens (tertiary/aromatic N) is 2. The Bertz CT molecular complexity index is 557. The Morgan fingerprint density at radius 3 is 2.57 bits per heavy atom. The van der Waals surface area contributed by atoms with Crippen LogP contribution in [0.3, 0.4) is 0 Å². The highest BCUT2D eigenvalue weighted by Gasteiger charge is 2.37. The number of para-hydroxylation sites is 1. The summed E-state index contributed by atoms with van der Waals surface area (Å²) < 4.78 is 0. The minimum absolute atomic E-state index is 0.0524. The van der Waals surface area contributed by atoms with Crippen molar-refractivity contribution in [1.29, 1.82) is 5.41 Å². The molecule has 2 rings (SSSR count). The Labute approximate surface area is 130 Å². The maximum atomic E-state index is 12.8. The van der Waals surface area contributed by atoms with Crippen LogP contribution < -0.4 is 10.6 Å². The van der Waals surface area contributed by atoms with Crippen molar-refractivity contribution >= 4 is 29.3 Å². The Hall–Kier alpha value is -1.75. The third kappa shape index (κ3) is 3.13. The lowest BCUT2D eigenvalue weighted by atomic mass is 10.1. The van der Waals surface area contributed by atoms with Gasteiger partial charge in [-0.25, -0.2) is 4.79 Å². The maximum absolute atomic E-state index is 12.8. The van der Waals surface area contributed by atoms with E-state index in [1.807, 2.05) is 26.0 Å². The van der Waals surface area contributed by atoms with Crippen LogP contribution in [0.25, 0.3) is 0 Å². The number of nitrogens with one attached hydrogen (secondary N) is 1. The highest BCUT2D eigenvalue weighted by molar-refractivity contribution is 6.34. The Balaban J connectivity index is 2.39. The zero-order valence-electron chi connectivity index (χ0n) is 12.4. The van der Waals surface area contributed by atoms with Gasteiger partial charge in [-0.2, -0.15) is 0 Å². The van der Waals surface area contributed by atoms with Crippen molar-refractivity contribution in [2.24, 2.45) is 5.73 Å². The monoisotopic (exact) mass is 308 g/mol. The van der Waals surface area contributed by atoms with Crippen LogP contribution in [0.15, 0.2) is 18.2 Å². The van der Waals surface area contributed by atoms with Crippen LogP contribution in [-0.2, 0) is 6.42 Å². The molecule has 1 fully saturated rings. The number of benzene rings is 1. The van der Waals surface area contributed by atoms with Crippen molar-refractivity contribution in [2.45, 2.75) is 39.2 Å². The average Bonchev–Trinajstić information content (AvgIpc) is 3.25. The number of rotatable bonds is 4. The van der Waals surface area contributed by atoms with Crippen molar-refractivity contribution in [3.8, 4) is 0 Å². The van der Waals surface area contributed by atoms with E-state index >= 15 is 0 Å². The summed E-state index contributed by atoms with van der Waals surface area (Å²) in [5, 5.41) is 8.20. The summed E-state index contributed by atoms with van der Waals surface area (Å²) in [4.78, 5) is 15.8. The van der Waals surface area contributed by atoms with Gasteiger partial charge in [-0.3, -0.25) is 15.2 Å². The summed E-state index contributed by atoms with van der Waals surface area (Å²) in [6, 6.07) is 5.41. The molecule has 1 aliphatic rings. The van der Waals surface area contributed by atoms with E-state index in [0.717, 1.165) is 30.5 Å². The first-order chi connectivity index (χ1) is 10.0. The summed E-state index contributed by atoms with van der Waals surface area (Å²) >= 11 is 6.31. The van der Waals surface area contributed by atoms with Crippen molar-refractivity contribution in [3.63, 3.8) is 0 Å². The predicted molar refractivity (Wildman–Crippen MR) is 86.0 cm³/mol. The number of amides is 2. The number of carbonyl (C=O) groups is 1. The van der Waals surface area contributed by atoms with Crippen molar-refractivity contribution in [1.82, 2.24) is 4.90 Å². The first-order valence-electron chi connectivity index (χ1n) is 7.23. The lowest BCUT2D eigenvalue weighted by Crippen LogP contribution is -2.50. The lowest BCUT2D eigenvalue weighted by molar-refractivity contribution is 0.225. The molecule has 5 nitrogen and oxygen atoms in total. The number of guanidine groups is 1. The predicted octanol–water partition coefficient (Wildman–Crippen LogP) is 3.21. The van der Waals surface area contributed by atoms with E-state index in [-0.39, 0.29) is 18.0 Å². The number of nitrogens with two attached hydrogens (primary N) is 1. The highest BCUT2D eigenvalue weighted by Crippen LogP contribution is 2.33. The fourth-order valence-electron chi connectivity index (χ4n) is 2.46. The Morgan fingerprint density at radius 2 is 2.10 bits per heavy atom. The van der Waals surface area contributed by atoms with Crippen LogP contribution in [0.4, 0.5) is 10.5 Å². The fourth-order valence-corrected chi connectivity index (χ4v) is 2.75. The van der Waals surface area contributed by atoms with Gasteiger partial charge in [0.25, 0.3) is 0 Å². The van der Waals surface area contributed by atoms with Crippen molar-refractivity contribution < 1.29 is 4.79 Å². The molecule has 1 aliphatic carbocycles. The molecule has 0 saturated heterocycles. The molecule has 0 atom stereocenters. The summed E-state index contributed by atoms with van der Waals surface area (Å²) in [6.45, 7) is 4.40. The van der Waals surface area contributed by atoms with Crippen LogP contribution in [0, 0.1) is 5.41 Å². The average molecular weight is 309 g/mol. The van der Waals surface area contributed by atoms with Crippen LogP contribution in [0.5, 0.6) is 0 Å². The van der Waals surface area contributed by atoms with Crippen LogP contribution in [0.2, 0.25) is 5.02 Å². The standard InChI is InChI=1S/C15H21ClN4O/c1-3-10-6-5-7-12(16)13(10)19(4-2)15(21)20(14(17)18)11-8-9-11/h5-7,11H,3-4,8-9H2,1-2H3,(H3,17,18). The highest BCUT2D eigenvalue weighted by atomic mass is 35.5. The number of carbonyl (C=O) groups excluding carboxylic acids is 1. The largest absolute Gasteiger partial charge is 0.370 e. The third-order valence-electron chi connectivity index (χ3n) is 3.65. The van der Waals surface area contributed by atoms with E-state index in [2.05, 4.69) is 0 Å². The molecule has 0 aromatic heterocycles. The van der Waals surface area contributed by atoms with E-state index in [0.29, 0.717) is 11.6 Å². The number of halogens is 1. The second kappa shape index (κ2) is 6.35. The van der Waals surface area contributed by atoms with E-state index in [1.54, 1.807) is 11.0 Å². The van der Waals surface area contributed by atoms with Gasteiger partial charge in [0.15, 0.2) is 5.96 Å². The number of hydrogen-bond acceptors (Lipinski definition) is 2. The van der Waals surface area contributed by atoms with Gasteiger partial charge < -0.3 is 5.73 Å². The quantitative estimate of drug-likeness (QED) is 0.662. The van der Waals surface area contributed by atoms with Gasteiger partial charge in [-0.15, -0.1) is 0 Å². The minimum atomic E-state index is -0.268. The van der Waals surface area contributed by atoms with Crippen LogP contribution in [0.1, 0.15) is 32.3 Å². The van der Waals surface area contributed by atoms with Crippen molar-refractivity contribution in [2.75, 3.05) is 11.4 Å². The Morgan fingerprint density at radius 1 is 1.43 bits per heavy atom. The maximum Gasteiger partial charge on any atom is 0.331 e. The van der Waals surface area contributed by atoms with E-state index in [1.165, 1.54) is 4.90 Å². The molecule has 1 saturated carbocycles. The van der Waals surface area contributed by atoms with Gasteiger partial charge in [0, 0.05) is 12.6 Å².